The molecule has 1 aliphatic carbocycles. The van der Waals surface area contributed by atoms with Crippen molar-refractivity contribution in [1.29, 1.82) is 0 Å². The van der Waals surface area contributed by atoms with Crippen LogP contribution in [-0.2, 0) is 25.7 Å². The number of aldehydes is 3. The van der Waals surface area contributed by atoms with Crippen molar-refractivity contribution in [3.8, 4) is 138 Å². The summed E-state index contributed by atoms with van der Waals surface area (Å²) in [6.07, 6.45) is 0.627. The quantitative estimate of drug-likeness (QED) is 0.0877. The number of carbonyl (C=O) groups is 3. The van der Waals surface area contributed by atoms with Crippen molar-refractivity contribution in [2.45, 2.75) is 100 Å². The van der Waals surface area contributed by atoms with Crippen LogP contribution in [0.4, 0.5) is 0 Å². The second kappa shape index (κ2) is 33.1. The van der Waals surface area contributed by atoms with Crippen molar-refractivity contribution in [2.75, 3.05) is 0 Å². The molecule has 8 heterocycles. The summed E-state index contributed by atoms with van der Waals surface area (Å²) in [6.45, 7) is 0. The van der Waals surface area contributed by atoms with E-state index in [1.807, 2.05) is 72.8 Å². The van der Waals surface area contributed by atoms with E-state index in [0.717, 1.165) is 66.8 Å². The Balaban J connectivity index is 0.880. The molecule has 25 rings (SSSR count). The minimum Gasteiger partial charge on any atom is -0.457 e. The fourth-order valence-electron chi connectivity index (χ4n) is 20.1. The van der Waals surface area contributed by atoms with Gasteiger partial charge in [0, 0.05) is 145 Å². The fraction of sp³-hybridized carbons (Fsp3) is 0.139. The SMILES string of the molecule is O=Cc1c2cccc1Oc1cc3cc(c1)C1Oc4cc5c6cc4C(CCc4ccccc4)c4cc7c(cc4O1)OC1Oc4cc8c(cc4C7CCc4ccccc4)C(CCc4ccccc4)c4cc(c7cc4OC(O8)c4cc(c(C=O)c(c4)Oc4cccc(c4)Oc4cc1cc(c4C=O)Oc1cccc(c1)O3)Oc1cccc(c1)Oc1cc(cc(c1)C(O5)O7)O2)C6CCc1ccccc1. The third-order valence-corrected chi connectivity index (χ3v) is 26.5. The summed E-state index contributed by atoms with van der Waals surface area (Å²) in [5, 5.41) is 0. The Hall–Kier alpha value is -16.7. The number of rotatable bonds is 15. The number of ether oxygens (including phenoxy) is 16. The molecule has 40 bridgehead atoms. The molecule has 0 saturated carbocycles. The van der Waals surface area contributed by atoms with Crippen LogP contribution in [0.15, 0.2) is 322 Å². The Bertz CT molecular complexity index is 7010. The summed E-state index contributed by atoms with van der Waals surface area (Å²) in [7, 11) is 0. The van der Waals surface area contributed by atoms with E-state index < -0.39 is 48.8 Å². The smallest absolute Gasteiger partial charge is 0.267 e. The van der Waals surface area contributed by atoms with Gasteiger partial charge in [0.05, 0.1) is 16.7 Å². The van der Waals surface area contributed by atoms with Crippen molar-refractivity contribution in [2.24, 2.45) is 0 Å². The molecule has 8 unspecified atom stereocenters. The summed E-state index contributed by atoms with van der Waals surface area (Å²) >= 11 is 0. The highest BCUT2D eigenvalue weighted by atomic mass is 16.7. The Morgan fingerprint density at radius 2 is 0.388 bits per heavy atom. The molecule has 134 heavy (non-hydrogen) atoms. The first-order chi connectivity index (χ1) is 66.0. The third kappa shape index (κ3) is 15.0. The van der Waals surface area contributed by atoms with Gasteiger partial charge in [0.15, 0.2) is 18.9 Å². The number of aryl methyl sites for hydroxylation is 4. The van der Waals surface area contributed by atoms with E-state index in [1.54, 1.807) is 127 Å². The van der Waals surface area contributed by atoms with E-state index >= 15 is 0 Å². The van der Waals surface area contributed by atoms with E-state index in [0.29, 0.717) is 150 Å². The van der Waals surface area contributed by atoms with Crippen LogP contribution < -0.4 is 75.8 Å². The van der Waals surface area contributed by atoms with Gasteiger partial charge in [-0.25, -0.2) is 0 Å². The monoisotopic (exact) mass is 1760 g/mol. The van der Waals surface area contributed by atoms with Crippen LogP contribution >= 0.6 is 0 Å². The molecule has 0 aromatic heterocycles. The molecule has 16 aromatic rings. The lowest BCUT2D eigenvalue weighted by Crippen LogP contribution is -2.26. The van der Waals surface area contributed by atoms with Crippen LogP contribution in [-0.4, -0.2) is 18.9 Å². The van der Waals surface area contributed by atoms with Crippen LogP contribution in [0.1, 0.15) is 195 Å². The molecule has 0 fully saturated rings. The zero-order valence-corrected chi connectivity index (χ0v) is 71.9. The molecule has 8 atom stereocenters. The summed E-state index contributed by atoms with van der Waals surface area (Å²) in [5.74, 6) is 3.53. The van der Waals surface area contributed by atoms with Crippen LogP contribution in [0.3, 0.4) is 0 Å². The lowest BCUT2D eigenvalue weighted by molar-refractivity contribution is -0.0123. The highest BCUT2D eigenvalue weighted by Crippen LogP contribution is 2.60. The average Bonchev–Trinajstić information content (AvgIpc) is 0.724. The zero-order chi connectivity index (χ0) is 89.0. The van der Waals surface area contributed by atoms with Crippen LogP contribution in [0.5, 0.6) is 138 Å². The van der Waals surface area contributed by atoms with Crippen molar-refractivity contribution >= 4 is 18.9 Å². The zero-order valence-electron chi connectivity index (χ0n) is 71.9. The Morgan fingerprint density at radius 3 is 0.642 bits per heavy atom. The van der Waals surface area contributed by atoms with Gasteiger partial charge in [-0.3, -0.25) is 14.4 Å². The topological polar surface area (TPSA) is 199 Å². The summed E-state index contributed by atoms with van der Waals surface area (Å²) < 4.78 is 121. The number of hydrogen-bond acceptors (Lipinski definition) is 19. The molecule has 8 aliphatic heterocycles. The number of fused-ring (bicyclic) bond motifs is 16. The van der Waals surface area contributed by atoms with Crippen LogP contribution in [0.2, 0.25) is 0 Å². The lowest BCUT2D eigenvalue weighted by atomic mass is 9.75. The Morgan fingerprint density at radius 1 is 0.179 bits per heavy atom. The highest BCUT2D eigenvalue weighted by molar-refractivity contribution is 5.87. The maximum absolute atomic E-state index is 14.5. The first-order valence-corrected chi connectivity index (χ1v) is 45.1. The van der Waals surface area contributed by atoms with E-state index in [2.05, 4.69) is 121 Å². The summed E-state index contributed by atoms with van der Waals surface area (Å²) in [4.78, 5) is 43.4. The molecule has 19 nitrogen and oxygen atoms in total. The predicted molar refractivity (Wildman–Crippen MR) is 496 cm³/mol. The molecule has 0 amide bonds. The van der Waals surface area contributed by atoms with Gasteiger partial charge in [0.25, 0.3) is 25.2 Å². The number of hydrogen-bond donors (Lipinski definition) is 0. The van der Waals surface area contributed by atoms with Gasteiger partial charge < -0.3 is 75.8 Å². The minimum atomic E-state index is -1.46. The molecule has 654 valence electrons. The number of carbonyl (C=O) groups excluding carboxylic acids is 3. The average molecular weight is 1770 g/mol. The normalized spacial score (nSPS) is 18.2. The lowest BCUT2D eigenvalue weighted by Gasteiger charge is -2.38. The summed E-state index contributed by atoms with van der Waals surface area (Å²) in [5.41, 5.74) is 12.3. The molecule has 19 heteroatoms. The second-order valence-corrected chi connectivity index (χ2v) is 34.9. The Kier molecular flexibility index (Phi) is 19.6. The second-order valence-electron chi connectivity index (χ2n) is 34.9. The fourth-order valence-corrected chi connectivity index (χ4v) is 20.1. The van der Waals surface area contributed by atoms with Crippen molar-refractivity contribution in [1.82, 2.24) is 0 Å². The standard InChI is InChI=1S/C115H80O19/c116-62-95-98-31-16-32-99(95)126-82-44-70-42-80(53-82)120-74-26-14-28-76(50-74)122-101-46-72-48-103(97(101)64-118)124-78-30-15-29-77(51-78)123-102-47-71-45-100(96(102)63-117)121-75-27-13-25-73(49-75)119-79-41-69(43-81(52-79)125-98)112-127-104-58-105-88-54-87(104)83(37-33-65-17-5-1-6-18-65)89-55-91-85(39-35-67-21-9-3-10-22-67)93-57-94-86(40-36-68-23-11-4-12-24-68)92-56-90(84(88)38-34-66-19-7-2-8-20-66)107(130-113(70)128-105)60-109(92)132-115(72)134-111(94)61-110(93)133-114(71)131-108(91)59-106(89)129-112/h1-32,41-64,83-86,112-115H,33-40H2. The van der Waals surface area contributed by atoms with Gasteiger partial charge in [-0.05, 0) is 195 Å². The molecule has 0 radical (unpaired) electrons. The van der Waals surface area contributed by atoms with E-state index in [1.165, 1.54) is 0 Å². The first kappa shape index (κ1) is 79.5. The summed E-state index contributed by atoms with van der Waals surface area (Å²) in [6, 6.07) is 103. The van der Waals surface area contributed by atoms with Gasteiger partial charge in [0.2, 0.25) is 0 Å². The molecule has 9 aliphatic rings. The van der Waals surface area contributed by atoms with E-state index in [4.69, 9.17) is 75.8 Å². The van der Waals surface area contributed by atoms with Gasteiger partial charge in [-0.15, -0.1) is 0 Å². The minimum absolute atomic E-state index is 0.00479. The van der Waals surface area contributed by atoms with Gasteiger partial charge in [-0.1, -0.05) is 146 Å². The first-order valence-electron chi connectivity index (χ1n) is 45.1. The third-order valence-electron chi connectivity index (χ3n) is 26.5. The highest BCUT2D eigenvalue weighted by Gasteiger charge is 2.44. The van der Waals surface area contributed by atoms with Crippen molar-refractivity contribution in [3.63, 3.8) is 0 Å². The molecule has 0 N–H and O–H groups in total. The molecule has 0 saturated heterocycles. The Labute approximate surface area is 769 Å². The van der Waals surface area contributed by atoms with Crippen LogP contribution in [0, 0.1) is 0 Å². The maximum Gasteiger partial charge on any atom is 0.267 e. The molecular weight excluding hydrogens is 1690 g/mol. The van der Waals surface area contributed by atoms with Crippen molar-refractivity contribution < 1.29 is 90.2 Å². The van der Waals surface area contributed by atoms with Gasteiger partial charge in [-0.2, -0.15) is 0 Å². The molecule has 16 aromatic carbocycles. The number of benzene rings is 16. The molecular formula is C115H80O19. The van der Waals surface area contributed by atoms with Gasteiger partial charge in [0.1, 0.15) is 138 Å². The largest absolute Gasteiger partial charge is 0.457 e. The van der Waals surface area contributed by atoms with Crippen molar-refractivity contribution in [3.05, 3.63) is 427 Å². The van der Waals surface area contributed by atoms with Crippen LogP contribution in [0.25, 0.3) is 0 Å². The molecule has 0 spiro atoms. The van der Waals surface area contributed by atoms with Gasteiger partial charge >= 0.3 is 0 Å². The predicted octanol–water partition coefficient (Wildman–Crippen LogP) is 28.0. The van der Waals surface area contributed by atoms with E-state index in [-0.39, 0.29) is 97.2 Å². The maximum atomic E-state index is 14.5. The van der Waals surface area contributed by atoms with E-state index in [9.17, 15) is 14.4 Å².